The molecule has 1 aromatic rings. The van der Waals surface area contributed by atoms with Gasteiger partial charge in [-0.05, 0) is 24.7 Å². The molecule has 2 rings (SSSR count). The van der Waals surface area contributed by atoms with Gasteiger partial charge in [0.1, 0.15) is 18.0 Å². The average molecular weight is 248 g/mol. The molecule has 1 saturated carbocycles. The summed E-state index contributed by atoms with van der Waals surface area (Å²) in [5.41, 5.74) is 1.19. The maximum atomic E-state index is 4.38. The second-order valence-corrected chi connectivity index (χ2v) is 5.40. The zero-order chi connectivity index (χ0) is 13.0. The van der Waals surface area contributed by atoms with Gasteiger partial charge in [-0.15, -0.1) is 0 Å². The van der Waals surface area contributed by atoms with Crippen molar-refractivity contribution in [3.63, 3.8) is 0 Å². The highest BCUT2D eigenvalue weighted by Gasteiger charge is 2.20. The maximum absolute atomic E-state index is 4.38. The number of nitrogens with zero attached hydrogens (tertiary/aromatic N) is 2. The smallest absolute Gasteiger partial charge is 0.134 e. The van der Waals surface area contributed by atoms with Crippen molar-refractivity contribution in [3.8, 4) is 0 Å². The van der Waals surface area contributed by atoms with Crippen LogP contribution in [0.15, 0.2) is 6.33 Å². The van der Waals surface area contributed by atoms with Crippen LogP contribution in [0.3, 0.4) is 0 Å². The lowest BCUT2D eigenvalue weighted by molar-refractivity contribution is 0.685. The van der Waals surface area contributed by atoms with E-state index in [1.54, 1.807) is 6.33 Å². The van der Waals surface area contributed by atoms with E-state index in [4.69, 9.17) is 0 Å². The van der Waals surface area contributed by atoms with E-state index in [9.17, 15) is 0 Å². The van der Waals surface area contributed by atoms with Gasteiger partial charge >= 0.3 is 0 Å². The van der Waals surface area contributed by atoms with Crippen LogP contribution in [0, 0.1) is 5.92 Å². The van der Waals surface area contributed by atoms with E-state index in [2.05, 4.69) is 34.4 Å². The van der Waals surface area contributed by atoms with Gasteiger partial charge in [0.25, 0.3) is 0 Å². The molecule has 1 aliphatic carbocycles. The van der Waals surface area contributed by atoms with Crippen molar-refractivity contribution in [1.29, 1.82) is 0 Å². The van der Waals surface area contributed by atoms with E-state index in [0.717, 1.165) is 24.1 Å². The minimum absolute atomic E-state index is 0.416. The number of aromatic nitrogens is 2. The van der Waals surface area contributed by atoms with Crippen molar-refractivity contribution in [2.24, 2.45) is 5.92 Å². The Morgan fingerprint density at radius 3 is 2.61 bits per heavy atom. The van der Waals surface area contributed by atoms with Gasteiger partial charge in [-0.25, -0.2) is 9.97 Å². The van der Waals surface area contributed by atoms with Crippen LogP contribution in [0.4, 0.5) is 11.6 Å². The molecular formula is C14H24N4. The number of anilines is 2. The Bertz CT molecular complexity index is 385. The van der Waals surface area contributed by atoms with Gasteiger partial charge in [0.15, 0.2) is 0 Å². The normalized spacial score (nSPS) is 14.9. The fourth-order valence-electron chi connectivity index (χ4n) is 2.29. The molecular weight excluding hydrogens is 224 g/mol. The van der Waals surface area contributed by atoms with Crippen molar-refractivity contribution >= 4 is 11.6 Å². The number of hydrogen-bond acceptors (Lipinski definition) is 4. The average Bonchev–Trinajstić information content (AvgIpc) is 3.18. The van der Waals surface area contributed by atoms with Crippen molar-refractivity contribution in [2.45, 2.75) is 45.4 Å². The summed E-state index contributed by atoms with van der Waals surface area (Å²) in [6.45, 7) is 5.36. The van der Waals surface area contributed by atoms with Gasteiger partial charge in [0, 0.05) is 19.2 Å². The van der Waals surface area contributed by atoms with Crippen LogP contribution < -0.4 is 10.6 Å². The Hall–Kier alpha value is -1.32. The highest BCUT2D eigenvalue weighted by Crippen LogP contribution is 2.33. The molecule has 0 atom stereocenters. The quantitative estimate of drug-likeness (QED) is 0.727. The second-order valence-electron chi connectivity index (χ2n) is 5.40. The fourth-order valence-corrected chi connectivity index (χ4v) is 2.29. The summed E-state index contributed by atoms with van der Waals surface area (Å²) in [4.78, 5) is 8.66. The first kappa shape index (κ1) is 13.1. The lowest BCUT2D eigenvalue weighted by Crippen LogP contribution is -2.10. The fraction of sp³-hybridized carbons (Fsp3) is 0.714. The Balaban J connectivity index is 1.96. The summed E-state index contributed by atoms with van der Waals surface area (Å²) in [5.74, 6) is 3.35. The molecule has 4 heteroatoms. The molecule has 0 aliphatic heterocycles. The van der Waals surface area contributed by atoms with Crippen LogP contribution in [0.2, 0.25) is 0 Å². The van der Waals surface area contributed by atoms with Crippen molar-refractivity contribution in [3.05, 3.63) is 11.9 Å². The molecule has 18 heavy (non-hydrogen) atoms. The lowest BCUT2D eigenvalue weighted by atomic mass is 10.0. The van der Waals surface area contributed by atoms with Crippen LogP contribution in [0.25, 0.3) is 0 Å². The van der Waals surface area contributed by atoms with E-state index < -0.39 is 0 Å². The van der Waals surface area contributed by atoms with E-state index in [1.165, 1.54) is 31.2 Å². The second kappa shape index (κ2) is 6.03. The summed E-state index contributed by atoms with van der Waals surface area (Å²) >= 11 is 0. The third kappa shape index (κ3) is 3.34. The molecule has 1 aromatic heterocycles. The van der Waals surface area contributed by atoms with E-state index in [0.29, 0.717) is 5.92 Å². The first-order valence-electron chi connectivity index (χ1n) is 6.99. The molecule has 0 spiro atoms. The van der Waals surface area contributed by atoms with Gasteiger partial charge in [0.05, 0.1) is 0 Å². The van der Waals surface area contributed by atoms with Gasteiger partial charge in [-0.1, -0.05) is 26.7 Å². The molecule has 1 heterocycles. The largest absolute Gasteiger partial charge is 0.373 e. The Labute approximate surface area is 110 Å². The predicted octanol–water partition coefficient (Wildman–Crippen LogP) is 3.24. The molecule has 0 unspecified atom stereocenters. The van der Waals surface area contributed by atoms with Crippen LogP contribution in [0.1, 0.15) is 51.0 Å². The van der Waals surface area contributed by atoms with Crippen LogP contribution in [-0.2, 0) is 0 Å². The van der Waals surface area contributed by atoms with E-state index in [1.807, 2.05) is 7.05 Å². The molecule has 2 N–H and O–H groups in total. The third-order valence-electron chi connectivity index (χ3n) is 3.48. The topological polar surface area (TPSA) is 49.8 Å². The van der Waals surface area contributed by atoms with Crippen molar-refractivity contribution in [1.82, 2.24) is 9.97 Å². The predicted molar refractivity (Wildman–Crippen MR) is 76.1 cm³/mol. The van der Waals surface area contributed by atoms with Gasteiger partial charge in [-0.2, -0.15) is 0 Å². The Morgan fingerprint density at radius 1 is 1.28 bits per heavy atom. The molecule has 0 aromatic carbocycles. The van der Waals surface area contributed by atoms with E-state index >= 15 is 0 Å². The SMILES string of the molecule is CNc1ncnc(NCCCC2CC2)c1C(C)C. The van der Waals surface area contributed by atoms with Crippen LogP contribution >= 0.6 is 0 Å². The zero-order valence-electron chi connectivity index (χ0n) is 11.7. The molecule has 4 nitrogen and oxygen atoms in total. The molecule has 0 amide bonds. The van der Waals surface area contributed by atoms with Gasteiger partial charge in [0.2, 0.25) is 0 Å². The molecule has 100 valence electrons. The molecule has 0 saturated heterocycles. The summed E-state index contributed by atoms with van der Waals surface area (Å²) in [5, 5.41) is 6.61. The van der Waals surface area contributed by atoms with Crippen molar-refractivity contribution in [2.75, 3.05) is 24.2 Å². The summed E-state index contributed by atoms with van der Waals surface area (Å²) < 4.78 is 0. The lowest BCUT2D eigenvalue weighted by Gasteiger charge is -2.16. The first-order valence-corrected chi connectivity index (χ1v) is 6.99. The monoisotopic (exact) mass is 248 g/mol. The minimum atomic E-state index is 0.416. The minimum Gasteiger partial charge on any atom is -0.373 e. The summed E-state index contributed by atoms with van der Waals surface area (Å²) in [6.07, 6.45) is 7.10. The molecule has 0 radical (unpaired) electrons. The molecule has 1 aliphatic rings. The van der Waals surface area contributed by atoms with Crippen LogP contribution in [-0.4, -0.2) is 23.6 Å². The number of hydrogen-bond donors (Lipinski definition) is 2. The Kier molecular flexibility index (Phi) is 4.39. The zero-order valence-corrected chi connectivity index (χ0v) is 11.7. The molecule has 0 bridgehead atoms. The number of rotatable bonds is 7. The van der Waals surface area contributed by atoms with Crippen LogP contribution in [0.5, 0.6) is 0 Å². The maximum Gasteiger partial charge on any atom is 0.134 e. The molecule has 1 fully saturated rings. The first-order chi connectivity index (χ1) is 8.72. The Morgan fingerprint density at radius 2 is 2.00 bits per heavy atom. The van der Waals surface area contributed by atoms with Gasteiger partial charge < -0.3 is 10.6 Å². The van der Waals surface area contributed by atoms with Gasteiger partial charge in [-0.3, -0.25) is 0 Å². The summed E-state index contributed by atoms with van der Waals surface area (Å²) in [6, 6.07) is 0. The number of nitrogens with one attached hydrogen (secondary N) is 2. The standard InChI is InChI=1S/C14H24N4/c1-10(2)12-13(15-3)17-9-18-14(12)16-8-4-5-11-6-7-11/h9-11H,4-8H2,1-3H3,(H2,15,16,17,18). The summed E-state index contributed by atoms with van der Waals surface area (Å²) in [7, 11) is 1.91. The highest BCUT2D eigenvalue weighted by atomic mass is 15.1. The third-order valence-corrected chi connectivity index (χ3v) is 3.48. The van der Waals surface area contributed by atoms with E-state index in [-0.39, 0.29) is 0 Å². The highest BCUT2D eigenvalue weighted by molar-refractivity contribution is 5.58. The van der Waals surface area contributed by atoms with Crippen molar-refractivity contribution < 1.29 is 0 Å².